The van der Waals surface area contributed by atoms with Crippen molar-refractivity contribution in [3.8, 4) is 0 Å². The summed E-state index contributed by atoms with van der Waals surface area (Å²) < 4.78 is 0. The largest absolute Gasteiger partial charge is 0.348 e. The zero-order chi connectivity index (χ0) is 15.2. The average Bonchev–Trinajstić information content (AvgIpc) is 3.21. The van der Waals surface area contributed by atoms with Crippen LogP contribution in [0.2, 0.25) is 5.02 Å². The molecule has 0 bridgehead atoms. The van der Waals surface area contributed by atoms with Crippen molar-refractivity contribution in [1.29, 1.82) is 0 Å². The Morgan fingerprint density at radius 1 is 1.19 bits per heavy atom. The van der Waals surface area contributed by atoms with E-state index in [4.69, 9.17) is 11.6 Å². The molecule has 2 rings (SSSR count). The number of carbonyl (C=O) groups is 2. The van der Waals surface area contributed by atoms with Crippen LogP contribution in [-0.4, -0.2) is 38.0 Å². The van der Waals surface area contributed by atoms with Gasteiger partial charge in [-0.3, -0.25) is 9.59 Å². The lowest BCUT2D eigenvalue weighted by atomic mass is 10.2. The fourth-order valence-corrected chi connectivity index (χ4v) is 2.11. The highest BCUT2D eigenvalue weighted by Crippen LogP contribution is 2.17. The van der Waals surface area contributed by atoms with Crippen molar-refractivity contribution in [3.05, 3.63) is 34.9 Å². The molecular weight excluding hydrogens is 290 g/mol. The van der Waals surface area contributed by atoms with Crippen LogP contribution >= 0.6 is 11.6 Å². The molecule has 0 heterocycles. The Balaban J connectivity index is 1.65. The molecule has 1 atom stereocenters. The van der Waals surface area contributed by atoms with E-state index in [9.17, 15) is 9.59 Å². The van der Waals surface area contributed by atoms with Crippen LogP contribution in [-0.2, 0) is 16.1 Å². The molecule has 1 unspecified atom stereocenters. The van der Waals surface area contributed by atoms with Crippen molar-refractivity contribution in [1.82, 2.24) is 10.6 Å². The van der Waals surface area contributed by atoms with Crippen LogP contribution < -0.4 is 15.5 Å². The Morgan fingerprint density at radius 2 is 1.81 bits per heavy atom. The van der Waals surface area contributed by atoms with Gasteiger partial charge < -0.3 is 15.5 Å². The van der Waals surface area contributed by atoms with Crippen LogP contribution in [0.5, 0.6) is 0 Å². The fourth-order valence-electron chi connectivity index (χ4n) is 1.98. The number of likely N-dealkylation sites (N-methyl/N-ethyl adjacent to an activating group) is 1. The number of rotatable bonds is 7. The molecule has 1 aromatic carbocycles. The van der Waals surface area contributed by atoms with E-state index in [2.05, 4.69) is 10.6 Å². The highest BCUT2D eigenvalue weighted by Gasteiger charge is 2.24. The van der Waals surface area contributed by atoms with Gasteiger partial charge in [-0.25, -0.2) is 0 Å². The number of hydrogen-bond acceptors (Lipinski definition) is 2. The smallest absolute Gasteiger partial charge is 0.275 e. The van der Waals surface area contributed by atoms with Gasteiger partial charge in [0.15, 0.2) is 13.1 Å². The maximum absolute atomic E-state index is 11.8. The molecule has 2 amide bonds. The highest BCUT2D eigenvalue weighted by molar-refractivity contribution is 6.30. The van der Waals surface area contributed by atoms with E-state index >= 15 is 0 Å². The quantitative estimate of drug-likeness (QED) is 0.650. The molecule has 1 aromatic rings. The predicted octanol–water partition coefficient (Wildman–Crippen LogP) is -0.250. The van der Waals surface area contributed by atoms with Gasteiger partial charge in [-0.15, -0.1) is 0 Å². The van der Waals surface area contributed by atoms with Gasteiger partial charge in [0.1, 0.15) is 0 Å². The van der Waals surface area contributed by atoms with E-state index in [1.165, 1.54) is 0 Å². The molecule has 1 aliphatic carbocycles. The van der Waals surface area contributed by atoms with E-state index in [-0.39, 0.29) is 18.4 Å². The molecule has 114 valence electrons. The lowest BCUT2D eigenvalue weighted by molar-refractivity contribution is -0.862. The standard InChI is InChI=1S/C15H20ClN3O2/c1-19(10-15(21)18-13-6-7-13)9-14(20)17-8-11-2-4-12(16)5-3-11/h2-5,13H,6-10H2,1H3,(H,17,20)(H,18,21)/p+1. The van der Waals surface area contributed by atoms with Crippen LogP contribution in [0.15, 0.2) is 24.3 Å². The molecule has 0 aliphatic heterocycles. The Bertz CT molecular complexity index is 500. The van der Waals surface area contributed by atoms with Gasteiger partial charge in [0.05, 0.1) is 7.05 Å². The number of hydrogen-bond donors (Lipinski definition) is 3. The number of carbonyl (C=O) groups excluding carboxylic acids is 2. The second kappa shape index (κ2) is 7.43. The molecule has 0 radical (unpaired) electrons. The zero-order valence-corrected chi connectivity index (χ0v) is 12.9. The summed E-state index contributed by atoms with van der Waals surface area (Å²) in [6, 6.07) is 7.71. The first-order chi connectivity index (χ1) is 10.0. The molecule has 21 heavy (non-hydrogen) atoms. The summed E-state index contributed by atoms with van der Waals surface area (Å²) in [6.07, 6.45) is 2.15. The van der Waals surface area contributed by atoms with E-state index in [0.717, 1.165) is 23.3 Å². The van der Waals surface area contributed by atoms with Crippen molar-refractivity contribution in [3.63, 3.8) is 0 Å². The van der Waals surface area contributed by atoms with E-state index in [0.29, 0.717) is 24.2 Å². The Labute approximate surface area is 129 Å². The molecule has 1 fully saturated rings. The second-order valence-electron chi connectivity index (χ2n) is 5.56. The minimum Gasteiger partial charge on any atom is -0.348 e. The third-order valence-electron chi connectivity index (χ3n) is 3.27. The highest BCUT2D eigenvalue weighted by atomic mass is 35.5. The second-order valence-corrected chi connectivity index (χ2v) is 5.99. The first kappa shape index (κ1) is 15.8. The molecule has 3 N–H and O–H groups in total. The molecule has 5 nitrogen and oxygen atoms in total. The summed E-state index contributed by atoms with van der Waals surface area (Å²) in [5, 5.41) is 6.44. The third kappa shape index (κ3) is 6.14. The van der Waals surface area contributed by atoms with Gasteiger partial charge in [-0.1, -0.05) is 23.7 Å². The topological polar surface area (TPSA) is 62.6 Å². The first-order valence-corrected chi connectivity index (χ1v) is 7.52. The molecule has 0 spiro atoms. The van der Waals surface area contributed by atoms with Crippen molar-refractivity contribution >= 4 is 23.4 Å². The molecule has 6 heteroatoms. The van der Waals surface area contributed by atoms with Gasteiger partial charge in [0.2, 0.25) is 0 Å². The van der Waals surface area contributed by atoms with Gasteiger partial charge in [0, 0.05) is 17.6 Å². The van der Waals surface area contributed by atoms with E-state index < -0.39 is 0 Å². The molecular formula is C15H21ClN3O2+. The lowest BCUT2D eigenvalue weighted by Crippen LogP contribution is -3.11. The normalized spacial score (nSPS) is 15.3. The fraction of sp³-hybridized carbons (Fsp3) is 0.467. The van der Waals surface area contributed by atoms with Gasteiger partial charge in [0.25, 0.3) is 11.8 Å². The van der Waals surface area contributed by atoms with Crippen LogP contribution in [0.3, 0.4) is 0 Å². The van der Waals surface area contributed by atoms with Crippen molar-refractivity contribution in [2.45, 2.75) is 25.4 Å². The maximum Gasteiger partial charge on any atom is 0.275 e. The van der Waals surface area contributed by atoms with Gasteiger partial charge >= 0.3 is 0 Å². The van der Waals surface area contributed by atoms with E-state index in [1.807, 2.05) is 19.2 Å². The average molecular weight is 311 g/mol. The summed E-state index contributed by atoms with van der Waals surface area (Å²) in [7, 11) is 1.84. The molecule has 0 aromatic heterocycles. The van der Waals surface area contributed by atoms with Crippen molar-refractivity contribution in [2.75, 3.05) is 20.1 Å². The Kier molecular flexibility index (Phi) is 5.59. The van der Waals surface area contributed by atoms with Gasteiger partial charge in [-0.05, 0) is 30.5 Å². The molecule has 1 saturated carbocycles. The number of quaternary nitrogens is 1. The minimum absolute atomic E-state index is 0.0144. The summed E-state index contributed by atoms with van der Waals surface area (Å²) in [6.45, 7) is 1.08. The number of amides is 2. The Morgan fingerprint density at radius 3 is 2.43 bits per heavy atom. The third-order valence-corrected chi connectivity index (χ3v) is 3.52. The monoisotopic (exact) mass is 310 g/mol. The number of halogens is 1. The summed E-state index contributed by atoms with van der Waals surface area (Å²) in [5.74, 6) is -0.0535. The summed E-state index contributed by atoms with van der Waals surface area (Å²) >= 11 is 5.80. The minimum atomic E-state index is -0.0679. The van der Waals surface area contributed by atoms with E-state index in [1.54, 1.807) is 12.1 Å². The number of nitrogens with one attached hydrogen (secondary N) is 3. The van der Waals surface area contributed by atoms with Crippen LogP contribution in [0.25, 0.3) is 0 Å². The summed E-state index contributed by atoms with van der Waals surface area (Å²) in [5.41, 5.74) is 0.997. The Hall–Kier alpha value is -1.59. The van der Waals surface area contributed by atoms with Crippen molar-refractivity contribution in [2.24, 2.45) is 0 Å². The predicted molar refractivity (Wildman–Crippen MR) is 81.1 cm³/mol. The van der Waals surface area contributed by atoms with Crippen LogP contribution in [0.1, 0.15) is 18.4 Å². The molecule has 1 aliphatic rings. The maximum atomic E-state index is 11.8. The number of benzene rings is 1. The van der Waals surface area contributed by atoms with Crippen LogP contribution in [0.4, 0.5) is 0 Å². The SMILES string of the molecule is C[NH+](CC(=O)NCc1ccc(Cl)cc1)CC(=O)NC1CC1. The van der Waals surface area contributed by atoms with Crippen LogP contribution in [0, 0.1) is 0 Å². The van der Waals surface area contributed by atoms with Gasteiger partial charge in [-0.2, -0.15) is 0 Å². The lowest BCUT2D eigenvalue weighted by Gasteiger charge is -2.13. The first-order valence-electron chi connectivity index (χ1n) is 7.15. The summed E-state index contributed by atoms with van der Waals surface area (Å²) in [4.78, 5) is 24.3. The van der Waals surface area contributed by atoms with Crippen molar-refractivity contribution < 1.29 is 14.5 Å². The molecule has 0 saturated heterocycles. The zero-order valence-electron chi connectivity index (χ0n) is 12.1.